The summed E-state index contributed by atoms with van der Waals surface area (Å²) in [7, 11) is 0. The zero-order valence-electron chi connectivity index (χ0n) is 15.0. The van der Waals surface area contributed by atoms with Gasteiger partial charge >= 0.3 is 0 Å². The molecule has 1 fully saturated rings. The molecule has 6 nitrogen and oxygen atoms in total. The van der Waals surface area contributed by atoms with Crippen molar-refractivity contribution in [2.45, 2.75) is 19.4 Å². The highest BCUT2D eigenvalue weighted by atomic mass is 19.1. The number of aromatic nitrogens is 2. The minimum absolute atomic E-state index is 0.0616. The number of amides is 1. The largest absolute Gasteiger partial charge is 0.351 e. The SMILES string of the molecule is C[C@@H](C(=O)NCCc1ccc(F)cc1)[NH+]1CCN(c2ncccn2)CC1. The lowest BCUT2D eigenvalue weighted by molar-refractivity contribution is -0.914. The molecule has 0 spiro atoms. The van der Waals surface area contributed by atoms with Gasteiger partial charge in [0.15, 0.2) is 6.04 Å². The Balaban J connectivity index is 1.42. The first kappa shape index (κ1) is 18.3. The summed E-state index contributed by atoms with van der Waals surface area (Å²) in [6.45, 7) is 5.97. The highest BCUT2D eigenvalue weighted by Gasteiger charge is 2.29. The Morgan fingerprint density at radius 2 is 1.88 bits per heavy atom. The Kier molecular flexibility index (Phi) is 6.12. The lowest BCUT2D eigenvalue weighted by atomic mass is 10.1. The smallest absolute Gasteiger partial charge is 0.278 e. The summed E-state index contributed by atoms with van der Waals surface area (Å²) < 4.78 is 12.9. The normalized spacial score (nSPS) is 16.3. The molecule has 7 heteroatoms. The van der Waals surface area contributed by atoms with Crippen LogP contribution in [0.5, 0.6) is 0 Å². The number of piperazine rings is 1. The molecule has 1 atom stereocenters. The molecule has 0 unspecified atom stereocenters. The first-order chi connectivity index (χ1) is 12.6. The number of carbonyl (C=O) groups excluding carboxylic acids is 1. The van der Waals surface area contributed by atoms with E-state index in [0.717, 1.165) is 37.7 Å². The minimum atomic E-state index is -0.241. The van der Waals surface area contributed by atoms with Crippen molar-refractivity contribution < 1.29 is 14.1 Å². The van der Waals surface area contributed by atoms with Crippen LogP contribution < -0.4 is 15.1 Å². The van der Waals surface area contributed by atoms with Gasteiger partial charge in [-0.3, -0.25) is 4.79 Å². The molecule has 0 aliphatic carbocycles. The molecule has 0 bridgehead atoms. The Hall–Kier alpha value is -2.54. The van der Waals surface area contributed by atoms with Gasteiger partial charge < -0.3 is 15.1 Å². The van der Waals surface area contributed by atoms with Gasteiger partial charge in [0, 0.05) is 18.9 Å². The highest BCUT2D eigenvalue weighted by Crippen LogP contribution is 2.05. The van der Waals surface area contributed by atoms with Gasteiger partial charge in [-0.1, -0.05) is 12.1 Å². The zero-order chi connectivity index (χ0) is 18.4. The molecule has 2 aromatic rings. The van der Waals surface area contributed by atoms with Crippen molar-refractivity contribution >= 4 is 11.9 Å². The van der Waals surface area contributed by atoms with Crippen molar-refractivity contribution in [3.05, 3.63) is 54.1 Å². The topological polar surface area (TPSA) is 62.6 Å². The van der Waals surface area contributed by atoms with Gasteiger partial charge in [0.2, 0.25) is 5.95 Å². The molecule has 3 rings (SSSR count). The third kappa shape index (κ3) is 4.76. The molecule has 138 valence electrons. The molecular weight excluding hydrogens is 333 g/mol. The third-order valence-electron chi connectivity index (χ3n) is 4.87. The molecule has 0 radical (unpaired) electrons. The van der Waals surface area contributed by atoms with Crippen LogP contribution in [0.4, 0.5) is 10.3 Å². The maximum absolute atomic E-state index is 12.9. The summed E-state index contributed by atoms with van der Waals surface area (Å²) in [6.07, 6.45) is 4.20. The second kappa shape index (κ2) is 8.71. The van der Waals surface area contributed by atoms with E-state index in [2.05, 4.69) is 20.2 Å². The van der Waals surface area contributed by atoms with Crippen molar-refractivity contribution in [3.63, 3.8) is 0 Å². The maximum atomic E-state index is 12.9. The van der Waals surface area contributed by atoms with E-state index in [1.807, 2.05) is 13.0 Å². The quantitative estimate of drug-likeness (QED) is 0.767. The number of hydrogen-bond donors (Lipinski definition) is 2. The Morgan fingerprint density at radius 3 is 2.54 bits per heavy atom. The lowest BCUT2D eigenvalue weighted by Gasteiger charge is -2.34. The number of benzene rings is 1. The predicted octanol–water partition coefficient (Wildman–Crippen LogP) is 0.0680. The zero-order valence-corrected chi connectivity index (χ0v) is 15.0. The Labute approximate surface area is 153 Å². The molecule has 1 aromatic heterocycles. The van der Waals surface area contributed by atoms with Gasteiger partial charge in [-0.2, -0.15) is 0 Å². The van der Waals surface area contributed by atoms with E-state index in [4.69, 9.17) is 0 Å². The van der Waals surface area contributed by atoms with Crippen molar-refractivity contribution in [1.29, 1.82) is 0 Å². The van der Waals surface area contributed by atoms with Crippen molar-refractivity contribution in [2.75, 3.05) is 37.6 Å². The van der Waals surface area contributed by atoms with Gasteiger partial charge in [-0.15, -0.1) is 0 Å². The summed E-state index contributed by atoms with van der Waals surface area (Å²) in [5.74, 6) is 0.574. The van der Waals surface area contributed by atoms with Crippen molar-refractivity contribution in [2.24, 2.45) is 0 Å². The predicted molar refractivity (Wildman–Crippen MR) is 97.5 cm³/mol. The number of nitrogens with zero attached hydrogens (tertiary/aromatic N) is 3. The Morgan fingerprint density at radius 1 is 1.23 bits per heavy atom. The van der Waals surface area contributed by atoms with E-state index >= 15 is 0 Å². The Bertz CT molecular complexity index is 702. The first-order valence-electron chi connectivity index (χ1n) is 9.02. The molecule has 1 amide bonds. The van der Waals surface area contributed by atoms with E-state index < -0.39 is 0 Å². The molecule has 1 aromatic carbocycles. The summed E-state index contributed by atoms with van der Waals surface area (Å²) in [5, 5.41) is 2.99. The number of halogens is 1. The van der Waals surface area contributed by atoms with E-state index in [9.17, 15) is 9.18 Å². The summed E-state index contributed by atoms with van der Waals surface area (Å²) in [6, 6.07) is 8.10. The lowest BCUT2D eigenvalue weighted by Crippen LogP contribution is -3.19. The highest BCUT2D eigenvalue weighted by molar-refractivity contribution is 5.79. The fourth-order valence-electron chi connectivity index (χ4n) is 3.20. The fourth-order valence-corrected chi connectivity index (χ4v) is 3.20. The monoisotopic (exact) mass is 358 g/mol. The molecule has 26 heavy (non-hydrogen) atoms. The van der Waals surface area contributed by atoms with Crippen LogP contribution in [0.3, 0.4) is 0 Å². The van der Waals surface area contributed by atoms with Crippen LogP contribution in [0, 0.1) is 5.82 Å². The average Bonchev–Trinajstić information content (AvgIpc) is 2.69. The molecule has 2 heterocycles. The van der Waals surface area contributed by atoms with Crippen LogP contribution in [0.15, 0.2) is 42.7 Å². The van der Waals surface area contributed by atoms with Gasteiger partial charge in [-0.25, -0.2) is 14.4 Å². The summed E-state index contributed by atoms with van der Waals surface area (Å²) >= 11 is 0. The van der Waals surface area contributed by atoms with Gasteiger partial charge in [-0.05, 0) is 37.1 Å². The number of nitrogens with one attached hydrogen (secondary N) is 2. The third-order valence-corrected chi connectivity index (χ3v) is 4.87. The van der Waals surface area contributed by atoms with E-state index in [1.54, 1.807) is 24.5 Å². The van der Waals surface area contributed by atoms with Crippen LogP contribution in [0.2, 0.25) is 0 Å². The standard InChI is InChI=1S/C19H24FN5O/c1-15(18(26)21-10-7-16-3-5-17(20)6-4-16)24-11-13-25(14-12-24)19-22-8-2-9-23-19/h2-6,8-9,15H,7,10-14H2,1H3,(H,21,26)/p+1/t15-/m0/s1. The second-order valence-electron chi connectivity index (χ2n) is 6.58. The second-order valence-corrected chi connectivity index (χ2v) is 6.58. The molecule has 1 aliphatic heterocycles. The minimum Gasteiger partial charge on any atom is -0.351 e. The average molecular weight is 358 g/mol. The van der Waals surface area contributed by atoms with E-state index in [-0.39, 0.29) is 17.8 Å². The van der Waals surface area contributed by atoms with Crippen LogP contribution in [0.25, 0.3) is 0 Å². The molecular formula is C19H25FN5O+. The number of anilines is 1. The van der Waals surface area contributed by atoms with Crippen LogP contribution in [-0.4, -0.2) is 54.6 Å². The van der Waals surface area contributed by atoms with Crippen molar-refractivity contribution in [3.8, 4) is 0 Å². The van der Waals surface area contributed by atoms with E-state index in [1.165, 1.54) is 17.0 Å². The summed E-state index contributed by atoms with van der Waals surface area (Å²) in [5.41, 5.74) is 1.02. The van der Waals surface area contributed by atoms with Crippen molar-refractivity contribution in [1.82, 2.24) is 15.3 Å². The number of rotatable bonds is 6. The maximum Gasteiger partial charge on any atom is 0.278 e. The van der Waals surface area contributed by atoms with E-state index in [0.29, 0.717) is 13.0 Å². The van der Waals surface area contributed by atoms with Crippen LogP contribution in [0.1, 0.15) is 12.5 Å². The molecule has 1 saturated heterocycles. The fraction of sp³-hybridized carbons (Fsp3) is 0.421. The van der Waals surface area contributed by atoms with Crippen LogP contribution in [-0.2, 0) is 11.2 Å². The summed E-state index contributed by atoms with van der Waals surface area (Å²) in [4.78, 5) is 24.4. The van der Waals surface area contributed by atoms with Gasteiger partial charge in [0.25, 0.3) is 5.91 Å². The molecule has 0 saturated carbocycles. The van der Waals surface area contributed by atoms with Gasteiger partial charge in [0.1, 0.15) is 5.82 Å². The molecule has 2 N–H and O–H groups in total. The number of carbonyl (C=O) groups is 1. The van der Waals surface area contributed by atoms with Gasteiger partial charge in [0.05, 0.1) is 26.2 Å². The number of hydrogen-bond acceptors (Lipinski definition) is 4. The molecule has 1 aliphatic rings. The number of quaternary nitrogens is 1. The van der Waals surface area contributed by atoms with Crippen LogP contribution >= 0.6 is 0 Å². The first-order valence-corrected chi connectivity index (χ1v) is 9.02.